The third kappa shape index (κ3) is 5.09. The number of nitrogens with zero attached hydrogens (tertiary/aromatic N) is 1. The van der Waals surface area contributed by atoms with E-state index in [1.165, 1.54) is 0 Å². The lowest BCUT2D eigenvalue weighted by Gasteiger charge is -2.20. The Balaban J connectivity index is 3.37. The van der Waals surface area contributed by atoms with E-state index in [1.54, 1.807) is 5.06 Å². The SMILES string of the molecule is CCC(=O)NCON(C)C(C)C. The maximum Gasteiger partial charge on any atom is 0.221 e. The number of hydrogen-bond acceptors (Lipinski definition) is 3. The van der Waals surface area contributed by atoms with Gasteiger partial charge >= 0.3 is 0 Å². The minimum atomic E-state index is 0.00663. The van der Waals surface area contributed by atoms with Crippen LogP contribution in [0.3, 0.4) is 0 Å². The summed E-state index contributed by atoms with van der Waals surface area (Å²) in [5.74, 6) is 0.00663. The van der Waals surface area contributed by atoms with Crippen LogP contribution in [0.2, 0.25) is 0 Å². The van der Waals surface area contributed by atoms with E-state index in [9.17, 15) is 4.79 Å². The molecule has 0 aromatic heterocycles. The fraction of sp³-hybridized carbons (Fsp3) is 0.875. The van der Waals surface area contributed by atoms with Crippen LogP contribution in [0.4, 0.5) is 0 Å². The smallest absolute Gasteiger partial charge is 0.221 e. The Hall–Kier alpha value is -0.610. The van der Waals surface area contributed by atoms with Crippen LogP contribution in [0.15, 0.2) is 0 Å². The molecule has 72 valence electrons. The van der Waals surface area contributed by atoms with Crippen molar-refractivity contribution in [3.63, 3.8) is 0 Å². The van der Waals surface area contributed by atoms with Crippen molar-refractivity contribution < 1.29 is 9.63 Å². The van der Waals surface area contributed by atoms with Crippen LogP contribution < -0.4 is 5.32 Å². The van der Waals surface area contributed by atoms with Crippen LogP contribution >= 0.6 is 0 Å². The molecular formula is C8H18N2O2. The quantitative estimate of drug-likeness (QED) is 0.494. The van der Waals surface area contributed by atoms with E-state index in [-0.39, 0.29) is 12.6 Å². The second-order valence-corrected chi connectivity index (χ2v) is 2.87. The normalized spacial score (nSPS) is 10.8. The summed E-state index contributed by atoms with van der Waals surface area (Å²) in [5.41, 5.74) is 0. The summed E-state index contributed by atoms with van der Waals surface area (Å²) in [5, 5.41) is 4.32. The number of rotatable bonds is 5. The molecule has 0 saturated carbocycles. The van der Waals surface area contributed by atoms with Crippen molar-refractivity contribution in [2.45, 2.75) is 33.2 Å². The van der Waals surface area contributed by atoms with Gasteiger partial charge in [0.15, 0.2) is 0 Å². The number of nitrogens with one attached hydrogen (secondary N) is 1. The number of hydrogen-bond donors (Lipinski definition) is 1. The van der Waals surface area contributed by atoms with Crippen LogP contribution in [-0.2, 0) is 9.63 Å². The van der Waals surface area contributed by atoms with Crippen molar-refractivity contribution in [2.75, 3.05) is 13.8 Å². The standard InChI is InChI=1S/C8H18N2O2/c1-5-8(11)9-6-12-10(4)7(2)3/h7H,5-6H2,1-4H3,(H,9,11). The van der Waals surface area contributed by atoms with Crippen LogP contribution in [-0.4, -0.2) is 30.8 Å². The van der Waals surface area contributed by atoms with Crippen LogP contribution in [0.1, 0.15) is 27.2 Å². The summed E-state index contributed by atoms with van der Waals surface area (Å²) in [4.78, 5) is 15.9. The highest BCUT2D eigenvalue weighted by atomic mass is 16.7. The van der Waals surface area contributed by atoms with E-state index in [0.29, 0.717) is 12.5 Å². The molecule has 0 bridgehead atoms. The van der Waals surface area contributed by atoms with E-state index in [4.69, 9.17) is 4.84 Å². The molecule has 0 aliphatic heterocycles. The first-order chi connectivity index (χ1) is 5.57. The second-order valence-electron chi connectivity index (χ2n) is 2.87. The fourth-order valence-corrected chi connectivity index (χ4v) is 0.489. The van der Waals surface area contributed by atoms with Gasteiger partial charge in [0.05, 0.1) is 0 Å². The zero-order valence-electron chi connectivity index (χ0n) is 8.26. The molecular weight excluding hydrogens is 156 g/mol. The lowest BCUT2D eigenvalue weighted by Crippen LogP contribution is -2.33. The van der Waals surface area contributed by atoms with Gasteiger partial charge in [0, 0.05) is 19.5 Å². The Kier molecular flexibility index (Phi) is 5.66. The molecule has 0 aromatic carbocycles. The van der Waals surface area contributed by atoms with Gasteiger partial charge < -0.3 is 5.32 Å². The molecule has 0 aliphatic rings. The van der Waals surface area contributed by atoms with Crippen molar-refractivity contribution in [3.05, 3.63) is 0 Å². The predicted octanol–water partition coefficient (Wildman–Crippen LogP) is 0.742. The summed E-state index contributed by atoms with van der Waals surface area (Å²) in [7, 11) is 1.84. The summed E-state index contributed by atoms with van der Waals surface area (Å²) in [6, 6.07) is 0.323. The summed E-state index contributed by atoms with van der Waals surface area (Å²) in [6.07, 6.45) is 0.495. The molecule has 1 amide bonds. The zero-order valence-corrected chi connectivity index (χ0v) is 8.26. The van der Waals surface area contributed by atoms with Crippen molar-refractivity contribution in [3.8, 4) is 0 Å². The van der Waals surface area contributed by atoms with E-state index in [1.807, 2.05) is 27.8 Å². The number of carbonyl (C=O) groups excluding carboxylic acids is 1. The molecule has 0 fully saturated rings. The largest absolute Gasteiger partial charge is 0.332 e. The van der Waals surface area contributed by atoms with Crippen LogP contribution in [0, 0.1) is 0 Å². The lowest BCUT2D eigenvalue weighted by atomic mass is 10.4. The summed E-state index contributed by atoms with van der Waals surface area (Å²) in [6.45, 7) is 6.09. The molecule has 4 nitrogen and oxygen atoms in total. The molecule has 12 heavy (non-hydrogen) atoms. The fourth-order valence-electron chi connectivity index (χ4n) is 0.489. The van der Waals surface area contributed by atoms with Crippen LogP contribution in [0.25, 0.3) is 0 Å². The second kappa shape index (κ2) is 5.97. The number of hydroxylamine groups is 2. The first kappa shape index (κ1) is 11.4. The van der Waals surface area contributed by atoms with Crippen molar-refractivity contribution in [2.24, 2.45) is 0 Å². The minimum Gasteiger partial charge on any atom is -0.332 e. The topological polar surface area (TPSA) is 41.6 Å². The molecule has 0 heterocycles. The molecule has 4 heteroatoms. The molecule has 0 spiro atoms. The highest BCUT2D eigenvalue weighted by Crippen LogP contribution is 1.92. The summed E-state index contributed by atoms with van der Waals surface area (Å²) >= 11 is 0. The average molecular weight is 174 g/mol. The zero-order chi connectivity index (χ0) is 9.56. The van der Waals surface area contributed by atoms with Gasteiger partial charge in [-0.2, -0.15) is 5.06 Å². The molecule has 0 aliphatic carbocycles. The van der Waals surface area contributed by atoms with Crippen molar-refractivity contribution >= 4 is 5.91 Å². The molecule has 0 radical (unpaired) electrons. The van der Waals surface area contributed by atoms with Gasteiger partial charge in [-0.05, 0) is 13.8 Å². The molecule has 0 aromatic rings. The molecule has 0 saturated heterocycles. The molecule has 1 N–H and O–H groups in total. The van der Waals surface area contributed by atoms with Gasteiger partial charge in [0.1, 0.15) is 6.73 Å². The van der Waals surface area contributed by atoms with Gasteiger partial charge in [0.2, 0.25) is 5.91 Å². The maximum atomic E-state index is 10.8. The highest BCUT2D eigenvalue weighted by Gasteiger charge is 2.03. The van der Waals surface area contributed by atoms with E-state index >= 15 is 0 Å². The van der Waals surface area contributed by atoms with Crippen molar-refractivity contribution in [1.82, 2.24) is 10.4 Å². The Morgan fingerprint density at radius 1 is 1.58 bits per heavy atom. The third-order valence-electron chi connectivity index (χ3n) is 1.59. The minimum absolute atomic E-state index is 0.00663. The van der Waals surface area contributed by atoms with Gasteiger partial charge in [-0.1, -0.05) is 6.92 Å². The Labute approximate surface area is 73.8 Å². The monoisotopic (exact) mass is 174 g/mol. The Morgan fingerprint density at radius 2 is 2.17 bits per heavy atom. The Bertz CT molecular complexity index is 137. The predicted molar refractivity (Wildman–Crippen MR) is 47.3 cm³/mol. The Morgan fingerprint density at radius 3 is 2.58 bits per heavy atom. The van der Waals surface area contributed by atoms with E-state index in [2.05, 4.69) is 5.32 Å². The van der Waals surface area contributed by atoms with E-state index in [0.717, 1.165) is 0 Å². The third-order valence-corrected chi connectivity index (χ3v) is 1.59. The van der Waals surface area contributed by atoms with Gasteiger partial charge in [-0.15, -0.1) is 0 Å². The molecule has 0 atom stereocenters. The summed E-state index contributed by atoms with van der Waals surface area (Å²) < 4.78 is 0. The van der Waals surface area contributed by atoms with Gasteiger partial charge in [-0.25, -0.2) is 0 Å². The molecule has 0 unspecified atom stereocenters. The van der Waals surface area contributed by atoms with Gasteiger partial charge in [-0.3, -0.25) is 9.63 Å². The maximum absolute atomic E-state index is 10.8. The highest BCUT2D eigenvalue weighted by molar-refractivity contribution is 5.75. The first-order valence-corrected chi connectivity index (χ1v) is 4.20. The number of amides is 1. The first-order valence-electron chi connectivity index (χ1n) is 4.20. The van der Waals surface area contributed by atoms with Crippen molar-refractivity contribution in [1.29, 1.82) is 0 Å². The lowest BCUT2D eigenvalue weighted by molar-refractivity contribution is -0.169. The van der Waals surface area contributed by atoms with Crippen LogP contribution in [0.5, 0.6) is 0 Å². The number of carbonyl (C=O) groups is 1. The van der Waals surface area contributed by atoms with E-state index < -0.39 is 0 Å². The average Bonchev–Trinajstić information content (AvgIpc) is 2.03. The molecule has 0 rings (SSSR count). The van der Waals surface area contributed by atoms with Gasteiger partial charge in [0.25, 0.3) is 0 Å².